The number of hydrogen-bond donors (Lipinski definition) is 1. The van der Waals surface area contributed by atoms with Crippen molar-refractivity contribution in [3.8, 4) is 5.75 Å². The van der Waals surface area contributed by atoms with Gasteiger partial charge in [0, 0.05) is 5.39 Å². The van der Waals surface area contributed by atoms with Crippen LogP contribution in [0.2, 0.25) is 0 Å². The number of fused-ring (bicyclic) bond motifs is 3. The van der Waals surface area contributed by atoms with Crippen LogP contribution >= 0.6 is 0 Å². The Morgan fingerprint density at radius 3 is 2.71 bits per heavy atom. The summed E-state index contributed by atoms with van der Waals surface area (Å²) in [7, 11) is 0. The zero-order valence-corrected chi connectivity index (χ0v) is 8.88. The number of pyridine rings is 1. The van der Waals surface area contributed by atoms with E-state index in [-0.39, 0.29) is 5.75 Å². The van der Waals surface area contributed by atoms with Crippen molar-refractivity contribution in [3.63, 3.8) is 0 Å². The van der Waals surface area contributed by atoms with Crippen LogP contribution in [0.25, 0.3) is 26.5 Å². The Hall–Kier alpha value is -2.60. The van der Waals surface area contributed by atoms with E-state index in [0.29, 0.717) is 11.3 Å². The Morgan fingerprint density at radius 2 is 1.88 bits per heavy atom. The Labute approximate surface area is 97.8 Å². The second-order valence-corrected chi connectivity index (χ2v) is 3.79. The molecule has 1 heterocycles. The largest absolute Gasteiger partial charge is 0.504 e. The lowest BCUT2D eigenvalue weighted by molar-refractivity contribution is 0.481. The second kappa shape index (κ2) is 3.46. The molecule has 0 aliphatic rings. The molecule has 1 aromatic heterocycles. The molecule has 0 aliphatic carbocycles. The van der Waals surface area contributed by atoms with Crippen LogP contribution in [0.15, 0.2) is 42.5 Å². The normalized spacial score (nSPS) is 10.5. The van der Waals surface area contributed by atoms with Crippen LogP contribution in [0.1, 0.15) is 0 Å². The zero-order valence-electron chi connectivity index (χ0n) is 8.88. The summed E-state index contributed by atoms with van der Waals surface area (Å²) in [6.45, 7) is 6.93. The SMILES string of the molecule is [C-]#[N+]c1ccc2c(n1)c(O)cc1ccccc12. The van der Waals surface area contributed by atoms with Gasteiger partial charge in [-0.15, -0.1) is 4.98 Å². The first-order valence-electron chi connectivity index (χ1n) is 5.18. The van der Waals surface area contributed by atoms with Gasteiger partial charge < -0.3 is 9.95 Å². The Morgan fingerprint density at radius 1 is 1.06 bits per heavy atom. The maximum atomic E-state index is 9.92. The van der Waals surface area contributed by atoms with E-state index in [9.17, 15) is 5.11 Å². The molecular weight excluding hydrogens is 212 g/mol. The number of phenols is 1. The van der Waals surface area contributed by atoms with Gasteiger partial charge in [0.25, 0.3) is 5.82 Å². The molecule has 0 radical (unpaired) electrons. The van der Waals surface area contributed by atoms with E-state index >= 15 is 0 Å². The van der Waals surface area contributed by atoms with Crippen LogP contribution in [0.4, 0.5) is 5.82 Å². The fraction of sp³-hybridized carbons (Fsp3) is 0. The Bertz CT molecular complexity index is 772. The third-order valence-electron chi connectivity index (χ3n) is 2.78. The van der Waals surface area contributed by atoms with Gasteiger partial charge in [-0.2, -0.15) is 0 Å². The lowest BCUT2D eigenvalue weighted by Crippen LogP contribution is -1.82. The summed E-state index contributed by atoms with van der Waals surface area (Å²) in [6, 6.07) is 13.0. The molecule has 0 spiro atoms. The number of nitrogens with zero attached hydrogens (tertiary/aromatic N) is 2. The predicted molar refractivity (Wildman–Crippen MR) is 67.2 cm³/mol. The van der Waals surface area contributed by atoms with Gasteiger partial charge in [0.2, 0.25) is 5.52 Å². The molecule has 0 fully saturated rings. The monoisotopic (exact) mass is 220 g/mol. The summed E-state index contributed by atoms with van der Waals surface area (Å²) in [5.41, 5.74) is 0.484. The number of benzene rings is 2. The number of hydrogen-bond acceptors (Lipinski definition) is 2. The molecule has 17 heavy (non-hydrogen) atoms. The third kappa shape index (κ3) is 1.39. The van der Waals surface area contributed by atoms with Crippen LogP contribution in [-0.4, -0.2) is 10.1 Å². The number of aromatic nitrogens is 1. The van der Waals surface area contributed by atoms with Gasteiger partial charge >= 0.3 is 0 Å². The molecule has 0 saturated carbocycles. The predicted octanol–water partition coefficient (Wildman–Crippen LogP) is 3.64. The molecule has 3 heteroatoms. The van der Waals surface area contributed by atoms with E-state index in [2.05, 4.69) is 9.83 Å². The van der Waals surface area contributed by atoms with Crippen molar-refractivity contribution in [3.05, 3.63) is 53.9 Å². The first kappa shape index (κ1) is 9.61. The van der Waals surface area contributed by atoms with Crippen molar-refractivity contribution in [2.75, 3.05) is 0 Å². The molecule has 0 amide bonds. The van der Waals surface area contributed by atoms with Gasteiger partial charge in [-0.3, -0.25) is 0 Å². The van der Waals surface area contributed by atoms with Crippen molar-refractivity contribution in [1.29, 1.82) is 0 Å². The molecule has 0 atom stereocenters. The number of phenolic OH excluding ortho intramolecular Hbond substituents is 1. The maximum Gasteiger partial charge on any atom is 0.270 e. The van der Waals surface area contributed by atoms with Crippen LogP contribution in [0, 0.1) is 6.57 Å². The fourth-order valence-corrected chi connectivity index (χ4v) is 2.01. The van der Waals surface area contributed by atoms with Gasteiger partial charge in [-0.05, 0) is 22.9 Å². The van der Waals surface area contributed by atoms with E-state index in [4.69, 9.17) is 6.57 Å². The Kier molecular flexibility index (Phi) is 1.96. The molecule has 2 aromatic carbocycles. The molecule has 80 valence electrons. The van der Waals surface area contributed by atoms with Gasteiger partial charge in [-0.1, -0.05) is 36.9 Å². The summed E-state index contributed by atoms with van der Waals surface area (Å²) in [4.78, 5) is 7.41. The summed E-state index contributed by atoms with van der Waals surface area (Å²) in [6.07, 6.45) is 0. The summed E-state index contributed by atoms with van der Waals surface area (Å²) >= 11 is 0. The van der Waals surface area contributed by atoms with Crippen LogP contribution in [0.3, 0.4) is 0 Å². The van der Waals surface area contributed by atoms with Gasteiger partial charge in [-0.25, -0.2) is 0 Å². The average molecular weight is 220 g/mol. The molecular formula is C14H8N2O. The van der Waals surface area contributed by atoms with Gasteiger partial charge in [0.05, 0.1) is 0 Å². The quantitative estimate of drug-likeness (QED) is 0.464. The Balaban J connectivity index is 2.55. The highest BCUT2D eigenvalue weighted by atomic mass is 16.3. The topological polar surface area (TPSA) is 37.5 Å². The van der Waals surface area contributed by atoms with Gasteiger partial charge in [0.15, 0.2) is 5.75 Å². The minimum atomic E-state index is 0.115. The molecule has 1 N–H and O–H groups in total. The highest BCUT2D eigenvalue weighted by molar-refractivity contribution is 6.09. The standard InChI is InChI=1S/C14H8N2O/c1-15-13-7-6-11-10-5-3-2-4-9(10)8-12(17)14(11)16-13/h2-8,17H. The van der Waals surface area contributed by atoms with Crippen molar-refractivity contribution in [2.24, 2.45) is 0 Å². The van der Waals surface area contributed by atoms with E-state index in [0.717, 1.165) is 16.2 Å². The molecule has 3 nitrogen and oxygen atoms in total. The highest BCUT2D eigenvalue weighted by Gasteiger charge is 2.10. The molecule has 0 unspecified atom stereocenters. The van der Waals surface area contributed by atoms with E-state index in [1.807, 2.05) is 30.3 Å². The van der Waals surface area contributed by atoms with E-state index in [1.54, 1.807) is 12.1 Å². The minimum Gasteiger partial charge on any atom is -0.504 e. The van der Waals surface area contributed by atoms with Crippen molar-refractivity contribution < 1.29 is 5.11 Å². The first-order valence-corrected chi connectivity index (χ1v) is 5.18. The first-order chi connectivity index (χ1) is 8.29. The fourth-order valence-electron chi connectivity index (χ4n) is 2.01. The lowest BCUT2D eigenvalue weighted by Gasteiger charge is -2.03. The second-order valence-electron chi connectivity index (χ2n) is 3.79. The van der Waals surface area contributed by atoms with Crippen LogP contribution in [0.5, 0.6) is 5.75 Å². The summed E-state index contributed by atoms with van der Waals surface area (Å²) in [5, 5.41) is 12.8. The maximum absolute atomic E-state index is 9.92. The van der Waals surface area contributed by atoms with E-state index in [1.165, 1.54) is 0 Å². The third-order valence-corrected chi connectivity index (χ3v) is 2.78. The van der Waals surface area contributed by atoms with E-state index < -0.39 is 0 Å². The molecule has 3 aromatic rings. The summed E-state index contributed by atoms with van der Waals surface area (Å²) in [5.74, 6) is 0.410. The number of aromatic hydroxyl groups is 1. The molecule has 0 saturated heterocycles. The lowest BCUT2D eigenvalue weighted by atomic mass is 10.0. The minimum absolute atomic E-state index is 0.115. The van der Waals surface area contributed by atoms with Crippen molar-refractivity contribution >= 4 is 27.5 Å². The smallest absolute Gasteiger partial charge is 0.270 e. The molecule has 0 aliphatic heterocycles. The van der Waals surface area contributed by atoms with Crippen LogP contribution < -0.4 is 0 Å². The molecule has 3 rings (SSSR count). The highest BCUT2D eigenvalue weighted by Crippen LogP contribution is 2.32. The van der Waals surface area contributed by atoms with Crippen molar-refractivity contribution in [1.82, 2.24) is 4.98 Å². The summed E-state index contributed by atoms with van der Waals surface area (Å²) < 4.78 is 0. The van der Waals surface area contributed by atoms with Crippen molar-refractivity contribution in [2.45, 2.75) is 0 Å². The average Bonchev–Trinajstić information content (AvgIpc) is 2.38. The number of rotatable bonds is 0. The zero-order chi connectivity index (χ0) is 11.8. The van der Waals surface area contributed by atoms with Gasteiger partial charge in [0.1, 0.15) is 0 Å². The molecule has 0 bridgehead atoms. The van der Waals surface area contributed by atoms with Crippen LogP contribution in [-0.2, 0) is 0 Å².